The molecular weight excluding hydrogens is 340 g/mol. The summed E-state index contributed by atoms with van der Waals surface area (Å²) in [6.07, 6.45) is 2.89. The molecule has 0 saturated heterocycles. The highest BCUT2D eigenvalue weighted by atomic mass is 16.5. The molecule has 0 aliphatic heterocycles. The minimum absolute atomic E-state index is 0.0732. The number of aliphatic carboxylic acids is 1. The summed E-state index contributed by atoms with van der Waals surface area (Å²) < 4.78 is 5.16. The van der Waals surface area contributed by atoms with E-state index in [2.05, 4.69) is 48.5 Å². The van der Waals surface area contributed by atoms with Crippen molar-refractivity contribution in [3.8, 4) is 0 Å². The van der Waals surface area contributed by atoms with Gasteiger partial charge in [-0.25, -0.2) is 0 Å². The molecule has 0 fully saturated rings. The molecular formula is C23H30O4. The summed E-state index contributed by atoms with van der Waals surface area (Å²) in [5.41, 5.74) is 2.65. The fraction of sp³-hybridized carbons (Fsp3) is 0.391. The van der Waals surface area contributed by atoms with Gasteiger partial charge in [0.05, 0.1) is 12.5 Å². The average Bonchev–Trinajstić information content (AvgIpc) is 2.66. The van der Waals surface area contributed by atoms with Gasteiger partial charge in [0.15, 0.2) is 0 Å². The first-order chi connectivity index (χ1) is 12.9. The second kappa shape index (κ2) is 12.7. The highest BCUT2D eigenvalue weighted by molar-refractivity contribution is 5.72. The number of rotatable bonds is 8. The first-order valence-electron chi connectivity index (χ1n) is 9.39. The maximum absolute atomic E-state index is 12.0. The first-order valence-corrected chi connectivity index (χ1v) is 9.39. The second-order valence-electron chi connectivity index (χ2n) is 6.54. The van der Waals surface area contributed by atoms with Gasteiger partial charge in [0.1, 0.15) is 0 Å². The second-order valence-corrected chi connectivity index (χ2v) is 6.54. The van der Waals surface area contributed by atoms with E-state index >= 15 is 0 Å². The Labute approximate surface area is 162 Å². The van der Waals surface area contributed by atoms with Crippen LogP contribution < -0.4 is 0 Å². The van der Waals surface area contributed by atoms with E-state index in [0.29, 0.717) is 12.5 Å². The molecule has 0 heterocycles. The lowest BCUT2D eigenvalue weighted by atomic mass is 9.85. The zero-order valence-electron chi connectivity index (χ0n) is 16.4. The summed E-state index contributed by atoms with van der Waals surface area (Å²) in [7, 11) is 0. The predicted octanol–water partition coefficient (Wildman–Crippen LogP) is 5.08. The van der Waals surface area contributed by atoms with Crippen molar-refractivity contribution in [3.63, 3.8) is 0 Å². The van der Waals surface area contributed by atoms with Crippen LogP contribution in [0.25, 0.3) is 0 Å². The molecule has 0 amide bonds. The number of carbonyl (C=O) groups is 2. The fourth-order valence-corrected chi connectivity index (χ4v) is 2.94. The third-order valence-electron chi connectivity index (χ3n) is 4.22. The van der Waals surface area contributed by atoms with Crippen molar-refractivity contribution >= 4 is 11.9 Å². The molecule has 2 atom stereocenters. The summed E-state index contributed by atoms with van der Waals surface area (Å²) >= 11 is 0. The van der Waals surface area contributed by atoms with Gasteiger partial charge in [-0.1, -0.05) is 67.6 Å². The van der Waals surface area contributed by atoms with Gasteiger partial charge in [-0.2, -0.15) is 0 Å². The number of aryl methyl sites for hydroxylation is 1. The van der Waals surface area contributed by atoms with Gasteiger partial charge in [0, 0.05) is 6.92 Å². The third kappa shape index (κ3) is 9.59. The van der Waals surface area contributed by atoms with Crippen LogP contribution in [0.5, 0.6) is 0 Å². The lowest BCUT2D eigenvalue weighted by Gasteiger charge is -2.21. The number of ether oxygens (including phenoxy) is 1. The molecule has 0 bridgehead atoms. The summed E-state index contributed by atoms with van der Waals surface area (Å²) in [6.45, 7) is 5.36. The van der Waals surface area contributed by atoms with Crippen LogP contribution in [0.15, 0.2) is 60.7 Å². The number of carbonyl (C=O) groups excluding carboxylic acids is 1. The van der Waals surface area contributed by atoms with Crippen LogP contribution in [0.1, 0.15) is 50.7 Å². The number of carboxylic acid groups (broad SMARTS) is 1. The van der Waals surface area contributed by atoms with E-state index in [9.17, 15) is 4.79 Å². The predicted molar refractivity (Wildman–Crippen MR) is 108 cm³/mol. The smallest absolute Gasteiger partial charge is 0.308 e. The third-order valence-corrected chi connectivity index (χ3v) is 4.22. The number of benzene rings is 2. The molecule has 0 saturated carbocycles. The van der Waals surface area contributed by atoms with Gasteiger partial charge in [-0.15, -0.1) is 0 Å². The van der Waals surface area contributed by atoms with Gasteiger partial charge in [0.25, 0.3) is 5.97 Å². The molecule has 146 valence electrons. The van der Waals surface area contributed by atoms with Crippen molar-refractivity contribution in [1.29, 1.82) is 0 Å². The van der Waals surface area contributed by atoms with Crippen molar-refractivity contribution in [1.82, 2.24) is 0 Å². The maximum atomic E-state index is 12.0. The number of hydrogen-bond acceptors (Lipinski definition) is 3. The number of hydrogen-bond donors (Lipinski definition) is 1. The van der Waals surface area contributed by atoms with Crippen molar-refractivity contribution in [3.05, 3.63) is 71.8 Å². The molecule has 0 radical (unpaired) electrons. The normalized spacial score (nSPS) is 12.3. The van der Waals surface area contributed by atoms with Crippen LogP contribution in [0, 0.1) is 5.92 Å². The molecule has 2 rings (SSSR count). The molecule has 0 aliphatic carbocycles. The molecule has 4 heteroatoms. The van der Waals surface area contributed by atoms with E-state index in [1.165, 1.54) is 11.1 Å². The molecule has 0 aromatic heterocycles. The highest BCUT2D eigenvalue weighted by Crippen LogP contribution is 2.29. The van der Waals surface area contributed by atoms with Gasteiger partial charge in [-0.05, 0) is 43.2 Å². The lowest BCUT2D eigenvalue weighted by Crippen LogP contribution is -2.18. The zero-order valence-corrected chi connectivity index (χ0v) is 16.4. The summed E-state index contributed by atoms with van der Waals surface area (Å²) in [6, 6.07) is 21.0. The van der Waals surface area contributed by atoms with Gasteiger partial charge < -0.3 is 9.84 Å². The Balaban J connectivity index is 0.000000828. The van der Waals surface area contributed by atoms with E-state index in [1.807, 2.05) is 26.0 Å². The van der Waals surface area contributed by atoms with E-state index in [4.69, 9.17) is 14.6 Å². The summed E-state index contributed by atoms with van der Waals surface area (Å²) in [5, 5.41) is 7.42. The van der Waals surface area contributed by atoms with Crippen LogP contribution >= 0.6 is 0 Å². The molecule has 1 N–H and O–H groups in total. The van der Waals surface area contributed by atoms with Gasteiger partial charge in [0.2, 0.25) is 0 Å². The quantitative estimate of drug-likeness (QED) is 0.658. The van der Waals surface area contributed by atoms with Crippen molar-refractivity contribution in [2.24, 2.45) is 5.92 Å². The number of carboxylic acids is 1. The van der Waals surface area contributed by atoms with E-state index in [-0.39, 0.29) is 11.9 Å². The minimum Gasteiger partial charge on any atom is -0.481 e. The Hall–Kier alpha value is -2.62. The fourth-order valence-electron chi connectivity index (χ4n) is 2.94. The van der Waals surface area contributed by atoms with Crippen molar-refractivity contribution in [2.75, 3.05) is 6.61 Å². The minimum atomic E-state index is -0.833. The molecule has 2 aromatic carbocycles. The maximum Gasteiger partial charge on any atom is 0.308 e. The number of esters is 1. The monoisotopic (exact) mass is 370 g/mol. The van der Waals surface area contributed by atoms with Crippen LogP contribution in [-0.2, 0) is 20.7 Å². The van der Waals surface area contributed by atoms with Crippen LogP contribution in [0.4, 0.5) is 0 Å². The Morgan fingerprint density at radius 3 is 2.04 bits per heavy atom. The Morgan fingerprint density at radius 1 is 1.00 bits per heavy atom. The Kier molecular flexibility index (Phi) is 10.5. The van der Waals surface area contributed by atoms with Crippen molar-refractivity contribution in [2.45, 2.75) is 46.0 Å². The average molecular weight is 370 g/mol. The molecule has 2 aromatic rings. The molecule has 0 spiro atoms. The standard InChI is InChI=1S/C21H26O2.C2H4O2/c1-3-23-21(22)17(2)16-20(19-12-8-5-9-13-19)15-14-18-10-6-4-7-11-18;1-2(3)4/h4-13,17,20H,3,14-16H2,1-2H3;1H3,(H,3,4). The topological polar surface area (TPSA) is 63.6 Å². The molecule has 27 heavy (non-hydrogen) atoms. The highest BCUT2D eigenvalue weighted by Gasteiger charge is 2.21. The Bertz CT molecular complexity index is 663. The first kappa shape index (κ1) is 22.4. The van der Waals surface area contributed by atoms with Crippen LogP contribution in [-0.4, -0.2) is 23.7 Å². The summed E-state index contributed by atoms with van der Waals surface area (Å²) in [4.78, 5) is 21.0. The SMILES string of the molecule is CC(=O)O.CCOC(=O)C(C)CC(CCc1ccccc1)c1ccccc1. The van der Waals surface area contributed by atoms with Crippen LogP contribution in [0.2, 0.25) is 0 Å². The zero-order chi connectivity index (χ0) is 20.1. The van der Waals surface area contributed by atoms with E-state index < -0.39 is 5.97 Å². The molecule has 2 unspecified atom stereocenters. The van der Waals surface area contributed by atoms with E-state index in [0.717, 1.165) is 26.2 Å². The van der Waals surface area contributed by atoms with Gasteiger partial charge >= 0.3 is 5.97 Å². The van der Waals surface area contributed by atoms with Gasteiger partial charge in [-0.3, -0.25) is 9.59 Å². The molecule has 0 aliphatic rings. The summed E-state index contributed by atoms with van der Waals surface area (Å²) in [5.74, 6) is -0.625. The molecule has 4 nitrogen and oxygen atoms in total. The van der Waals surface area contributed by atoms with Crippen molar-refractivity contribution < 1.29 is 19.4 Å². The van der Waals surface area contributed by atoms with E-state index in [1.54, 1.807) is 0 Å². The lowest BCUT2D eigenvalue weighted by molar-refractivity contribution is -0.147. The largest absolute Gasteiger partial charge is 0.481 e. The Morgan fingerprint density at radius 2 is 1.52 bits per heavy atom. The van der Waals surface area contributed by atoms with Crippen LogP contribution in [0.3, 0.4) is 0 Å².